The summed E-state index contributed by atoms with van der Waals surface area (Å²) >= 11 is 0. The second-order valence-electron chi connectivity index (χ2n) is 4.01. The van der Waals surface area contributed by atoms with Crippen LogP contribution >= 0.6 is 0 Å². The molecule has 1 aliphatic heterocycles. The highest BCUT2D eigenvalue weighted by Gasteiger charge is 2.40. The van der Waals surface area contributed by atoms with Crippen LogP contribution in [0.2, 0.25) is 0 Å². The van der Waals surface area contributed by atoms with Gasteiger partial charge in [-0.1, -0.05) is 0 Å². The van der Waals surface area contributed by atoms with Gasteiger partial charge in [-0.2, -0.15) is 8.42 Å². The molecule has 1 aliphatic rings. The topological polar surface area (TPSA) is 80.8 Å². The lowest BCUT2D eigenvalue weighted by molar-refractivity contribution is -0.163. The Bertz CT molecular complexity index is 748. The Morgan fingerprint density at radius 1 is 0.773 bits per heavy atom. The maximum absolute atomic E-state index is 13.4. The van der Waals surface area contributed by atoms with E-state index in [-0.39, 0.29) is 5.06 Å². The van der Waals surface area contributed by atoms with Crippen molar-refractivity contribution >= 4 is 21.9 Å². The van der Waals surface area contributed by atoms with Crippen molar-refractivity contribution in [3.8, 4) is 0 Å². The van der Waals surface area contributed by atoms with E-state index in [4.69, 9.17) is 0 Å². The average molecular weight is 345 g/mol. The Morgan fingerprint density at radius 3 is 1.55 bits per heavy atom. The fourth-order valence-electron chi connectivity index (χ4n) is 1.58. The molecule has 0 N–H and O–H groups in total. The molecule has 0 aliphatic carbocycles. The first kappa shape index (κ1) is 16.3. The molecular formula is C10H4F5NO5S. The number of benzene rings is 1. The molecule has 1 saturated heterocycles. The lowest BCUT2D eigenvalue weighted by Crippen LogP contribution is -2.33. The third-order valence-corrected chi connectivity index (χ3v) is 3.80. The standard InChI is InChI=1S/C10H4F5NO5S/c11-5-6(12)8(14)10(9(15)7(5)13)22(19,20)21-16-3(17)1-2-4(16)18/h1-2H2. The number of carbonyl (C=O) groups excluding carboxylic acids is 2. The average Bonchev–Trinajstić information content (AvgIpc) is 2.74. The van der Waals surface area contributed by atoms with Gasteiger partial charge >= 0.3 is 10.1 Å². The quantitative estimate of drug-likeness (QED) is 0.355. The number of nitrogens with zero attached hydrogens (tertiary/aromatic N) is 1. The first-order valence-electron chi connectivity index (χ1n) is 5.39. The van der Waals surface area contributed by atoms with E-state index in [0.717, 1.165) is 0 Å². The Hall–Kier alpha value is -2.08. The molecular weight excluding hydrogens is 341 g/mol. The molecule has 120 valence electrons. The highest BCUT2D eigenvalue weighted by molar-refractivity contribution is 7.86. The molecule has 0 unspecified atom stereocenters. The summed E-state index contributed by atoms with van der Waals surface area (Å²) in [6.07, 6.45) is -0.850. The Balaban J connectivity index is 2.56. The predicted octanol–water partition coefficient (Wildman–Crippen LogP) is 1.15. The molecule has 1 fully saturated rings. The van der Waals surface area contributed by atoms with E-state index in [1.807, 2.05) is 0 Å². The molecule has 0 atom stereocenters. The van der Waals surface area contributed by atoms with Crippen molar-refractivity contribution in [2.75, 3.05) is 0 Å². The molecule has 2 amide bonds. The van der Waals surface area contributed by atoms with Crippen LogP contribution in [0.4, 0.5) is 22.0 Å². The molecule has 0 spiro atoms. The zero-order chi connectivity index (χ0) is 16.8. The highest BCUT2D eigenvalue weighted by atomic mass is 32.2. The van der Waals surface area contributed by atoms with E-state index < -0.39 is 68.8 Å². The molecule has 0 bridgehead atoms. The van der Waals surface area contributed by atoms with Crippen molar-refractivity contribution in [1.29, 1.82) is 0 Å². The summed E-state index contributed by atoms with van der Waals surface area (Å²) in [4.78, 5) is 20.0. The van der Waals surface area contributed by atoms with Crippen LogP contribution in [0.5, 0.6) is 0 Å². The summed E-state index contributed by atoms with van der Waals surface area (Å²) in [5.41, 5.74) is 0. The van der Waals surface area contributed by atoms with E-state index in [1.165, 1.54) is 0 Å². The van der Waals surface area contributed by atoms with Crippen LogP contribution in [-0.2, 0) is 24.0 Å². The molecule has 12 heteroatoms. The van der Waals surface area contributed by atoms with Crippen LogP contribution in [0.3, 0.4) is 0 Å². The number of hydrogen-bond donors (Lipinski definition) is 0. The second-order valence-corrected chi connectivity index (χ2v) is 5.48. The molecule has 6 nitrogen and oxygen atoms in total. The molecule has 1 aromatic carbocycles. The summed E-state index contributed by atoms with van der Waals surface area (Å²) in [6, 6.07) is 0. The monoisotopic (exact) mass is 345 g/mol. The van der Waals surface area contributed by atoms with Crippen LogP contribution in [0, 0.1) is 29.1 Å². The summed E-state index contributed by atoms with van der Waals surface area (Å²) in [5, 5.41) is -0.312. The number of hydroxylamine groups is 2. The first-order valence-corrected chi connectivity index (χ1v) is 6.80. The summed E-state index contributed by atoms with van der Waals surface area (Å²) in [6.45, 7) is 0. The van der Waals surface area contributed by atoms with Crippen molar-refractivity contribution in [2.24, 2.45) is 0 Å². The Kier molecular flexibility index (Phi) is 3.91. The fraction of sp³-hybridized carbons (Fsp3) is 0.200. The molecule has 0 saturated carbocycles. The van der Waals surface area contributed by atoms with Crippen LogP contribution in [0.1, 0.15) is 12.8 Å². The van der Waals surface area contributed by atoms with Crippen molar-refractivity contribution in [3.05, 3.63) is 29.1 Å². The third-order valence-electron chi connectivity index (χ3n) is 2.60. The van der Waals surface area contributed by atoms with Crippen molar-refractivity contribution in [3.63, 3.8) is 0 Å². The summed E-state index contributed by atoms with van der Waals surface area (Å²) in [5.74, 6) is -15.2. The van der Waals surface area contributed by atoms with Gasteiger partial charge in [0.1, 0.15) is 0 Å². The largest absolute Gasteiger partial charge is 0.324 e. The van der Waals surface area contributed by atoms with E-state index in [0.29, 0.717) is 0 Å². The molecule has 2 rings (SSSR count). The van der Waals surface area contributed by atoms with Crippen LogP contribution in [0.15, 0.2) is 4.90 Å². The first-order chi connectivity index (χ1) is 10.1. The molecule has 1 heterocycles. The number of hydrogen-bond acceptors (Lipinski definition) is 5. The van der Waals surface area contributed by atoms with Gasteiger partial charge in [0.2, 0.25) is 5.82 Å². The van der Waals surface area contributed by atoms with E-state index >= 15 is 0 Å². The Morgan fingerprint density at radius 2 is 1.14 bits per heavy atom. The van der Waals surface area contributed by atoms with Gasteiger partial charge in [-0.15, -0.1) is 9.35 Å². The molecule has 1 aromatic rings. The van der Waals surface area contributed by atoms with Gasteiger partial charge in [-0.25, -0.2) is 22.0 Å². The summed E-state index contributed by atoms with van der Waals surface area (Å²) < 4.78 is 92.7. The van der Waals surface area contributed by atoms with Crippen molar-refractivity contribution in [1.82, 2.24) is 5.06 Å². The number of amides is 2. The van der Waals surface area contributed by atoms with Gasteiger partial charge in [0.25, 0.3) is 11.8 Å². The minimum absolute atomic E-state index is 0.312. The van der Waals surface area contributed by atoms with Crippen molar-refractivity contribution < 1.29 is 44.2 Å². The van der Waals surface area contributed by atoms with E-state index in [2.05, 4.69) is 4.28 Å². The second kappa shape index (κ2) is 5.28. The number of imide groups is 1. The lowest BCUT2D eigenvalue weighted by Gasteiger charge is -2.14. The zero-order valence-electron chi connectivity index (χ0n) is 10.2. The SMILES string of the molecule is O=C1CCC(=O)N1OS(=O)(=O)c1c(F)c(F)c(F)c(F)c1F. The maximum atomic E-state index is 13.4. The number of halogens is 5. The zero-order valence-corrected chi connectivity index (χ0v) is 11.0. The number of carbonyl (C=O) groups is 2. The van der Waals surface area contributed by atoms with Gasteiger partial charge in [-0.3, -0.25) is 9.59 Å². The van der Waals surface area contributed by atoms with E-state index in [1.54, 1.807) is 0 Å². The highest BCUT2D eigenvalue weighted by Crippen LogP contribution is 2.29. The minimum atomic E-state index is -5.65. The fourth-order valence-corrected chi connectivity index (χ4v) is 2.63. The van der Waals surface area contributed by atoms with Gasteiger partial charge < -0.3 is 0 Å². The van der Waals surface area contributed by atoms with Crippen molar-refractivity contribution in [2.45, 2.75) is 17.7 Å². The molecule has 0 radical (unpaired) electrons. The molecule has 0 aromatic heterocycles. The normalized spacial score (nSPS) is 15.8. The third kappa shape index (κ3) is 2.43. The van der Waals surface area contributed by atoms with Gasteiger partial charge in [-0.05, 0) is 0 Å². The molecule has 22 heavy (non-hydrogen) atoms. The number of rotatable bonds is 3. The maximum Gasteiger partial charge on any atom is 0.324 e. The van der Waals surface area contributed by atoms with E-state index in [9.17, 15) is 40.0 Å². The minimum Gasteiger partial charge on any atom is -0.272 e. The van der Waals surface area contributed by atoms with Crippen LogP contribution in [0.25, 0.3) is 0 Å². The summed E-state index contributed by atoms with van der Waals surface area (Å²) in [7, 11) is -5.65. The van der Waals surface area contributed by atoms with Gasteiger partial charge in [0.15, 0.2) is 28.2 Å². The smallest absolute Gasteiger partial charge is 0.272 e. The van der Waals surface area contributed by atoms with Gasteiger partial charge in [0, 0.05) is 12.8 Å². The predicted molar refractivity (Wildman–Crippen MR) is 55.6 cm³/mol. The lowest BCUT2D eigenvalue weighted by atomic mass is 10.3. The van der Waals surface area contributed by atoms with Gasteiger partial charge in [0.05, 0.1) is 0 Å². The van der Waals surface area contributed by atoms with Crippen LogP contribution in [-0.4, -0.2) is 25.3 Å². The Labute approximate surface area is 119 Å². The van der Waals surface area contributed by atoms with Crippen LogP contribution < -0.4 is 0 Å².